The zero-order valence-corrected chi connectivity index (χ0v) is 12.9. The van der Waals surface area contributed by atoms with Gasteiger partial charge in [-0.25, -0.2) is 0 Å². The van der Waals surface area contributed by atoms with E-state index in [0.29, 0.717) is 11.7 Å². The molecule has 1 fully saturated rings. The summed E-state index contributed by atoms with van der Waals surface area (Å²) in [5.41, 5.74) is 1.23. The summed E-state index contributed by atoms with van der Waals surface area (Å²) in [5.74, 6) is 2.79. The van der Waals surface area contributed by atoms with Crippen molar-refractivity contribution in [1.82, 2.24) is 5.32 Å². The monoisotopic (exact) mass is 279 g/mol. The zero-order valence-electron chi connectivity index (χ0n) is 12.9. The van der Waals surface area contributed by atoms with Crippen LogP contribution in [-0.2, 0) is 0 Å². The van der Waals surface area contributed by atoms with Gasteiger partial charge in [-0.2, -0.15) is 0 Å². The summed E-state index contributed by atoms with van der Waals surface area (Å²) in [6, 6.07) is 4.10. The number of methoxy groups -OCH3 is 2. The van der Waals surface area contributed by atoms with Gasteiger partial charge in [0.1, 0.15) is 0 Å². The van der Waals surface area contributed by atoms with Gasteiger partial charge in [0.05, 0.1) is 20.3 Å². The molecule has 112 valence electrons. The van der Waals surface area contributed by atoms with Crippen LogP contribution in [0, 0.1) is 0 Å². The van der Waals surface area contributed by atoms with Crippen molar-refractivity contribution in [2.45, 2.75) is 38.7 Å². The highest BCUT2D eigenvalue weighted by molar-refractivity contribution is 5.57. The SMILES string of the molecule is COc1ccc(C2CCNCC2)c(OC(C)C)c1OC. The number of rotatable bonds is 5. The molecule has 1 aromatic rings. The van der Waals surface area contributed by atoms with Crippen molar-refractivity contribution in [3.8, 4) is 17.2 Å². The zero-order chi connectivity index (χ0) is 14.5. The molecule has 2 rings (SSSR count). The maximum Gasteiger partial charge on any atom is 0.203 e. The summed E-state index contributed by atoms with van der Waals surface area (Å²) in [6.07, 6.45) is 2.37. The molecule has 1 aromatic carbocycles. The lowest BCUT2D eigenvalue weighted by atomic mass is 9.89. The van der Waals surface area contributed by atoms with Crippen molar-refractivity contribution in [1.29, 1.82) is 0 Å². The van der Waals surface area contributed by atoms with E-state index < -0.39 is 0 Å². The Labute approximate surface area is 121 Å². The molecule has 4 heteroatoms. The predicted molar refractivity (Wildman–Crippen MR) is 80.2 cm³/mol. The predicted octanol–water partition coefficient (Wildman–Crippen LogP) is 2.96. The molecule has 1 aliphatic heterocycles. The molecule has 1 heterocycles. The van der Waals surface area contributed by atoms with Crippen LogP contribution in [0.4, 0.5) is 0 Å². The van der Waals surface area contributed by atoms with E-state index in [9.17, 15) is 0 Å². The maximum absolute atomic E-state index is 6.04. The van der Waals surface area contributed by atoms with Crippen LogP contribution >= 0.6 is 0 Å². The Hall–Kier alpha value is -1.42. The molecule has 20 heavy (non-hydrogen) atoms. The molecule has 0 saturated carbocycles. The summed E-state index contributed by atoms with van der Waals surface area (Å²) >= 11 is 0. The molecular formula is C16H25NO3. The van der Waals surface area contributed by atoms with Gasteiger partial charge in [0.25, 0.3) is 0 Å². The van der Waals surface area contributed by atoms with Crippen LogP contribution in [0.2, 0.25) is 0 Å². The van der Waals surface area contributed by atoms with Crippen LogP contribution in [0.5, 0.6) is 17.2 Å². The van der Waals surface area contributed by atoms with Gasteiger partial charge in [0.15, 0.2) is 11.5 Å². The summed E-state index contributed by atoms with van der Waals surface area (Å²) in [7, 11) is 3.32. The second kappa shape index (κ2) is 6.84. The van der Waals surface area contributed by atoms with Crippen LogP contribution in [0.25, 0.3) is 0 Å². The van der Waals surface area contributed by atoms with Crippen molar-refractivity contribution in [3.05, 3.63) is 17.7 Å². The molecule has 1 aliphatic rings. The normalized spacial score (nSPS) is 16.2. The highest BCUT2D eigenvalue weighted by Crippen LogP contribution is 2.45. The van der Waals surface area contributed by atoms with Crippen molar-refractivity contribution in [2.24, 2.45) is 0 Å². The summed E-state index contributed by atoms with van der Waals surface area (Å²) in [6.45, 7) is 6.18. The van der Waals surface area contributed by atoms with Crippen molar-refractivity contribution < 1.29 is 14.2 Å². The fourth-order valence-electron chi connectivity index (χ4n) is 2.73. The van der Waals surface area contributed by atoms with E-state index in [1.54, 1.807) is 14.2 Å². The van der Waals surface area contributed by atoms with Gasteiger partial charge in [0, 0.05) is 5.56 Å². The minimum absolute atomic E-state index is 0.108. The number of hydrogen-bond acceptors (Lipinski definition) is 4. The standard InChI is InChI=1S/C16H25NO3/c1-11(2)20-15-13(12-7-9-17-10-8-12)5-6-14(18-3)16(15)19-4/h5-6,11-12,17H,7-10H2,1-4H3. The first-order chi connectivity index (χ1) is 9.67. The Morgan fingerprint density at radius 1 is 1.05 bits per heavy atom. The highest BCUT2D eigenvalue weighted by Gasteiger charge is 2.24. The van der Waals surface area contributed by atoms with E-state index in [4.69, 9.17) is 14.2 Å². The van der Waals surface area contributed by atoms with E-state index >= 15 is 0 Å². The van der Waals surface area contributed by atoms with Gasteiger partial charge in [-0.1, -0.05) is 6.07 Å². The molecule has 1 saturated heterocycles. The lowest BCUT2D eigenvalue weighted by Crippen LogP contribution is -2.27. The summed E-state index contributed by atoms with van der Waals surface area (Å²) in [5, 5.41) is 3.40. The smallest absolute Gasteiger partial charge is 0.203 e. The fourth-order valence-corrected chi connectivity index (χ4v) is 2.73. The molecule has 0 radical (unpaired) electrons. The largest absolute Gasteiger partial charge is 0.493 e. The molecule has 0 aliphatic carbocycles. The van der Waals surface area contributed by atoms with E-state index in [1.165, 1.54) is 5.56 Å². The second-order valence-electron chi connectivity index (χ2n) is 5.41. The van der Waals surface area contributed by atoms with Gasteiger partial charge >= 0.3 is 0 Å². The van der Waals surface area contributed by atoms with E-state index in [-0.39, 0.29) is 6.10 Å². The first-order valence-electron chi connectivity index (χ1n) is 7.29. The topological polar surface area (TPSA) is 39.7 Å². The minimum Gasteiger partial charge on any atom is -0.493 e. The number of hydrogen-bond donors (Lipinski definition) is 1. The van der Waals surface area contributed by atoms with E-state index in [2.05, 4.69) is 11.4 Å². The van der Waals surface area contributed by atoms with Gasteiger partial charge < -0.3 is 19.5 Å². The van der Waals surface area contributed by atoms with Crippen LogP contribution in [0.15, 0.2) is 12.1 Å². The number of ether oxygens (including phenoxy) is 3. The number of piperidine rings is 1. The molecule has 4 nitrogen and oxygen atoms in total. The van der Waals surface area contributed by atoms with Crippen LogP contribution in [0.3, 0.4) is 0 Å². The first kappa shape index (κ1) is 15.0. The quantitative estimate of drug-likeness (QED) is 0.899. The fraction of sp³-hybridized carbons (Fsp3) is 0.625. The lowest BCUT2D eigenvalue weighted by Gasteiger charge is -2.27. The average Bonchev–Trinajstić information content (AvgIpc) is 2.47. The third kappa shape index (κ3) is 3.18. The van der Waals surface area contributed by atoms with Gasteiger partial charge in [-0.3, -0.25) is 0 Å². The Kier molecular flexibility index (Phi) is 5.12. The summed E-state index contributed by atoms with van der Waals surface area (Å²) in [4.78, 5) is 0. The molecule has 0 aromatic heterocycles. The molecule has 0 spiro atoms. The Bertz CT molecular complexity index is 440. The van der Waals surface area contributed by atoms with Gasteiger partial charge in [0.2, 0.25) is 5.75 Å². The van der Waals surface area contributed by atoms with E-state index in [0.717, 1.165) is 37.4 Å². The number of benzene rings is 1. The first-order valence-corrected chi connectivity index (χ1v) is 7.29. The minimum atomic E-state index is 0.108. The van der Waals surface area contributed by atoms with E-state index in [1.807, 2.05) is 19.9 Å². The molecule has 0 amide bonds. The van der Waals surface area contributed by atoms with Gasteiger partial charge in [-0.05, 0) is 51.8 Å². The van der Waals surface area contributed by atoms with Crippen LogP contribution < -0.4 is 19.5 Å². The molecular weight excluding hydrogens is 254 g/mol. The van der Waals surface area contributed by atoms with Crippen LogP contribution in [-0.4, -0.2) is 33.4 Å². The Balaban J connectivity index is 2.43. The Morgan fingerprint density at radius 3 is 2.30 bits per heavy atom. The molecule has 1 N–H and O–H groups in total. The molecule has 0 atom stereocenters. The highest BCUT2D eigenvalue weighted by atomic mass is 16.5. The van der Waals surface area contributed by atoms with Gasteiger partial charge in [-0.15, -0.1) is 0 Å². The maximum atomic E-state index is 6.04. The molecule has 0 unspecified atom stereocenters. The molecule has 0 bridgehead atoms. The van der Waals surface area contributed by atoms with Crippen molar-refractivity contribution >= 4 is 0 Å². The number of nitrogens with one attached hydrogen (secondary N) is 1. The second-order valence-corrected chi connectivity index (χ2v) is 5.41. The Morgan fingerprint density at radius 2 is 1.75 bits per heavy atom. The van der Waals surface area contributed by atoms with Crippen molar-refractivity contribution in [2.75, 3.05) is 27.3 Å². The lowest BCUT2D eigenvalue weighted by molar-refractivity contribution is 0.221. The third-order valence-corrected chi connectivity index (χ3v) is 3.66. The summed E-state index contributed by atoms with van der Waals surface area (Å²) < 4.78 is 17.0. The third-order valence-electron chi connectivity index (χ3n) is 3.66. The average molecular weight is 279 g/mol. The van der Waals surface area contributed by atoms with Crippen LogP contribution in [0.1, 0.15) is 38.2 Å². The van der Waals surface area contributed by atoms with Crippen molar-refractivity contribution in [3.63, 3.8) is 0 Å².